The molecule has 19 heavy (non-hydrogen) atoms. The molecule has 1 amide bonds. The van der Waals surface area contributed by atoms with Crippen LogP contribution in [0, 0.1) is 0 Å². The van der Waals surface area contributed by atoms with E-state index in [1.54, 1.807) is 11.2 Å². The third kappa shape index (κ3) is 3.07. The number of rotatable bonds is 4. The molecule has 0 unspecified atom stereocenters. The molecule has 2 fully saturated rings. The Morgan fingerprint density at radius 2 is 1.47 bits per heavy atom. The van der Waals surface area contributed by atoms with Gasteiger partial charge < -0.3 is 5.73 Å². The lowest BCUT2D eigenvalue weighted by Gasteiger charge is -2.37. The standard InChI is InChI=1S/C11H22N4O3S/c1-10(11(12)16)13-6-8-15(9-7-13)19(17,18)14-4-2-3-5-14/h10H,2-9H2,1H3,(H2,12,16)/t10-/m1/s1. The highest BCUT2D eigenvalue weighted by molar-refractivity contribution is 7.86. The minimum Gasteiger partial charge on any atom is -0.368 e. The highest BCUT2D eigenvalue weighted by Crippen LogP contribution is 2.18. The summed E-state index contributed by atoms with van der Waals surface area (Å²) >= 11 is 0. The predicted molar refractivity (Wildman–Crippen MR) is 71.5 cm³/mol. The number of hydrogen-bond acceptors (Lipinski definition) is 4. The molecular formula is C11H22N4O3S. The van der Waals surface area contributed by atoms with Crippen LogP contribution in [-0.2, 0) is 15.0 Å². The Kier molecular flexibility index (Phi) is 4.44. The Morgan fingerprint density at radius 3 is 1.95 bits per heavy atom. The summed E-state index contributed by atoms with van der Waals surface area (Å²) in [6.07, 6.45) is 1.88. The Bertz CT molecular complexity index is 425. The van der Waals surface area contributed by atoms with E-state index < -0.39 is 10.2 Å². The lowest BCUT2D eigenvalue weighted by Crippen LogP contribution is -2.56. The summed E-state index contributed by atoms with van der Waals surface area (Å²) in [6.45, 7) is 4.97. The van der Waals surface area contributed by atoms with E-state index in [4.69, 9.17) is 5.73 Å². The summed E-state index contributed by atoms with van der Waals surface area (Å²) in [6, 6.07) is -0.336. The summed E-state index contributed by atoms with van der Waals surface area (Å²) in [5.74, 6) is -0.365. The van der Waals surface area contributed by atoms with Crippen molar-refractivity contribution in [2.45, 2.75) is 25.8 Å². The first-order chi connectivity index (χ1) is 8.93. The normalized spacial score (nSPS) is 25.5. The van der Waals surface area contributed by atoms with Crippen molar-refractivity contribution in [1.82, 2.24) is 13.5 Å². The Labute approximate surface area is 114 Å². The van der Waals surface area contributed by atoms with Gasteiger partial charge in [0.2, 0.25) is 5.91 Å². The van der Waals surface area contributed by atoms with E-state index in [1.807, 2.05) is 4.90 Å². The lowest BCUT2D eigenvalue weighted by atomic mass is 10.2. The van der Waals surface area contributed by atoms with Crippen molar-refractivity contribution in [3.63, 3.8) is 0 Å². The number of piperazine rings is 1. The molecule has 0 aromatic rings. The molecule has 0 bridgehead atoms. The Hall–Kier alpha value is -0.700. The highest BCUT2D eigenvalue weighted by Gasteiger charge is 2.35. The largest absolute Gasteiger partial charge is 0.368 e. The second-order valence-corrected chi connectivity index (χ2v) is 7.06. The van der Waals surface area contributed by atoms with Gasteiger partial charge in [-0.1, -0.05) is 0 Å². The fourth-order valence-electron chi connectivity index (χ4n) is 2.58. The van der Waals surface area contributed by atoms with E-state index in [-0.39, 0.29) is 11.9 Å². The molecule has 0 radical (unpaired) electrons. The quantitative estimate of drug-likeness (QED) is 0.706. The van der Waals surface area contributed by atoms with Gasteiger partial charge in [0.1, 0.15) is 0 Å². The van der Waals surface area contributed by atoms with Gasteiger partial charge in [-0.15, -0.1) is 0 Å². The topological polar surface area (TPSA) is 87.0 Å². The van der Waals surface area contributed by atoms with Gasteiger partial charge >= 0.3 is 0 Å². The molecule has 7 nitrogen and oxygen atoms in total. The van der Waals surface area contributed by atoms with Gasteiger partial charge in [-0.05, 0) is 19.8 Å². The van der Waals surface area contributed by atoms with Crippen molar-refractivity contribution in [3.05, 3.63) is 0 Å². The van der Waals surface area contributed by atoms with Crippen molar-refractivity contribution in [2.24, 2.45) is 5.73 Å². The average Bonchev–Trinajstić information content (AvgIpc) is 2.92. The lowest BCUT2D eigenvalue weighted by molar-refractivity contribution is -0.123. The molecule has 2 rings (SSSR count). The second-order valence-electron chi connectivity index (χ2n) is 5.13. The van der Waals surface area contributed by atoms with E-state index in [0.29, 0.717) is 39.3 Å². The number of nitrogens with zero attached hydrogens (tertiary/aromatic N) is 3. The first kappa shape index (κ1) is 14.7. The molecule has 0 aliphatic carbocycles. The number of hydrogen-bond donors (Lipinski definition) is 1. The van der Waals surface area contributed by atoms with E-state index in [1.165, 1.54) is 4.31 Å². The van der Waals surface area contributed by atoms with E-state index in [2.05, 4.69) is 0 Å². The minimum absolute atomic E-state index is 0.336. The molecule has 2 aliphatic rings. The number of carbonyl (C=O) groups is 1. The molecule has 0 spiro atoms. The second kappa shape index (κ2) is 5.74. The maximum Gasteiger partial charge on any atom is 0.282 e. The predicted octanol–water partition coefficient (Wildman–Crippen LogP) is -1.18. The van der Waals surface area contributed by atoms with Gasteiger partial charge in [0, 0.05) is 39.3 Å². The summed E-state index contributed by atoms with van der Waals surface area (Å²) in [5, 5.41) is 0. The fourth-order valence-corrected chi connectivity index (χ4v) is 4.25. The summed E-state index contributed by atoms with van der Waals surface area (Å²) in [7, 11) is -3.31. The van der Waals surface area contributed by atoms with Crippen molar-refractivity contribution >= 4 is 16.1 Å². The Morgan fingerprint density at radius 1 is 1.00 bits per heavy atom. The molecule has 2 N–H and O–H groups in total. The smallest absolute Gasteiger partial charge is 0.282 e. The van der Waals surface area contributed by atoms with Gasteiger partial charge in [-0.25, -0.2) is 0 Å². The van der Waals surface area contributed by atoms with E-state index >= 15 is 0 Å². The van der Waals surface area contributed by atoms with Crippen LogP contribution in [0.2, 0.25) is 0 Å². The van der Waals surface area contributed by atoms with E-state index in [0.717, 1.165) is 12.8 Å². The summed E-state index contributed by atoms with van der Waals surface area (Å²) in [4.78, 5) is 13.1. The van der Waals surface area contributed by atoms with Crippen LogP contribution in [-0.4, -0.2) is 73.1 Å². The molecular weight excluding hydrogens is 268 g/mol. The van der Waals surface area contributed by atoms with Crippen molar-refractivity contribution in [2.75, 3.05) is 39.3 Å². The molecule has 1 atom stereocenters. The zero-order valence-corrected chi connectivity index (χ0v) is 12.1. The average molecular weight is 290 g/mol. The zero-order chi connectivity index (χ0) is 14.0. The van der Waals surface area contributed by atoms with Crippen molar-refractivity contribution in [1.29, 1.82) is 0 Å². The molecule has 0 aromatic carbocycles. The van der Waals surface area contributed by atoms with Crippen LogP contribution in [0.5, 0.6) is 0 Å². The fraction of sp³-hybridized carbons (Fsp3) is 0.909. The van der Waals surface area contributed by atoms with Crippen LogP contribution in [0.4, 0.5) is 0 Å². The zero-order valence-electron chi connectivity index (χ0n) is 11.3. The van der Waals surface area contributed by atoms with Gasteiger partial charge in [0.15, 0.2) is 0 Å². The maximum atomic E-state index is 12.3. The van der Waals surface area contributed by atoms with Crippen molar-refractivity contribution < 1.29 is 13.2 Å². The van der Waals surface area contributed by atoms with Crippen LogP contribution in [0.1, 0.15) is 19.8 Å². The first-order valence-electron chi connectivity index (χ1n) is 6.71. The van der Waals surface area contributed by atoms with Gasteiger partial charge in [0.05, 0.1) is 6.04 Å². The molecule has 2 heterocycles. The SMILES string of the molecule is C[C@H](C(N)=O)N1CCN(S(=O)(=O)N2CCCC2)CC1. The van der Waals surface area contributed by atoms with Gasteiger partial charge in [0.25, 0.3) is 10.2 Å². The van der Waals surface area contributed by atoms with Crippen LogP contribution in [0.3, 0.4) is 0 Å². The van der Waals surface area contributed by atoms with Crippen LogP contribution in [0.15, 0.2) is 0 Å². The van der Waals surface area contributed by atoms with E-state index in [9.17, 15) is 13.2 Å². The minimum atomic E-state index is -3.31. The third-order valence-corrected chi connectivity index (χ3v) is 5.99. The van der Waals surface area contributed by atoms with Crippen LogP contribution >= 0.6 is 0 Å². The molecule has 2 aliphatic heterocycles. The van der Waals surface area contributed by atoms with Gasteiger partial charge in [-0.2, -0.15) is 17.0 Å². The third-order valence-electron chi connectivity index (χ3n) is 3.95. The highest BCUT2D eigenvalue weighted by atomic mass is 32.2. The molecule has 110 valence electrons. The maximum absolute atomic E-state index is 12.3. The number of nitrogens with two attached hydrogens (primary N) is 1. The number of amides is 1. The molecule has 0 aromatic heterocycles. The summed E-state index contributed by atoms with van der Waals surface area (Å²) < 4.78 is 27.8. The summed E-state index contributed by atoms with van der Waals surface area (Å²) in [5.41, 5.74) is 5.27. The Balaban J connectivity index is 1.94. The number of carbonyl (C=O) groups excluding carboxylic acids is 1. The molecule has 8 heteroatoms. The number of primary amides is 1. The first-order valence-corrected chi connectivity index (χ1v) is 8.11. The monoisotopic (exact) mass is 290 g/mol. The van der Waals surface area contributed by atoms with Crippen LogP contribution in [0.25, 0.3) is 0 Å². The van der Waals surface area contributed by atoms with Crippen LogP contribution < -0.4 is 5.73 Å². The molecule has 2 saturated heterocycles. The van der Waals surface area contributed by atoms with Crippen molar-refractivity contribution in [3.8, 4) is 0 Å². The molecule has 0 saturated carbocycles. The van der Waals surface area contributed by atoms with Gasteiger partial charge in [-0.3, -0.25) is 9.69 Å².